The molecule has 0 aliphatic carbocycles. The first kappa shape index (κ1) is 20.0. The molecule has 1 aliphatic rings. The Hall–Kier alpha value is -2.78. The van der Waals surface area contributed by atoms with Crippen molar-refractivity contribution in [2.24, 2.45) is 0 Å². The highest BCUT2D eigenvalue weighted by molar-refractivity contribution is 9.10. The van der Waals surface area contributed by atoms with Crippen molar-refractivity contribution in [3.8, 4) is 11.5 Å². The van der Waals surface area contributed by atoms with E-state index in [9.17, 15) is 19.5 Å². The van der Waals surface area contributed by atoms with Gasteiger partial charge in [0.25, 0.3) is 11.1 Å². The molecule has 0 radical (unpaired) electrons. The maximum atomic E-state index is 12.5. The van der Waals surface area contributed by atoms with Crippen LogP contribution in [0.25, 0.3) is 6.08 Å². The number of hydrogen-bond donors (Lipinski definition) is 2. The lowest BCUT2D eigenvalue weighted by molar-refractivity contribution is -0.127. The fourth-order valence-corrected chi connectivity index (χ4v) is 3.64. The highest BCUT2D eigenvalue weighted by Gasteiger charge is 2.36. The van der Waals surface area contributed by atoms with Gasteiger partial charge in [0.05, 0.1) is 12.0 Å². The Morgan fingerprint density at radius 1 is 1.25 bits per heavy atom. The molecule has 7 nitrogen and oxygen atoms in total. The van der Waals surface area contributed by atoms with E-state index in [0.29, 0.717) is 17.0 Å². The van der Waals surface area contributed by atoms with Crippen LogP contribution in [0, 0.1) is 0 Å². The van der Waals surface area contributed by atoms with E-state index >= 15 is 0 Å². The molecule has 144 valence electrons. The van der Waals surface area contributed by atoms with Crippen molar-refractivity contribution >= 4 is 56.5 Å². The number of anilines is 1. The summed E-state index contributed by atoms with van der Waals surface area (Å²) in [6.07, 6.45) is 1.42. The zero-order valence-electron chi connectivity index (χ0n) is 14.6. The van der Waals surface area contributed by atoms with E-state index in [-0.39, 0.29) is 10.7 Å². The second kappa shape index (κ2) is 8.49. The number of benzene rings is 2. The molecule has 0 aromatic heterocycles. The van der Waals surface area contributed by atoms with Crippen molar-refractivity contribution in [3.05, 3.63) is 57.4 Å². The minimum atomic E-state index is -0.584. The van der Waals surface area contributed by atoms with Crippen molar-refractivity contribution in [2.45, 2.75) is 0 Å². The summed E-state index contributed by atoms with van der Waals surface area (Å²) in [5, 5.41) is 12.0. The lowest BCUT2D eigenvalue weighted by atomic mass is 10.2. The molecule has 3 amide bonds. The molecule has 0 spiro atoms. The smallest absolute Gasteiger partial charge is 0.294 e. The molecule has 2 aromatic carbocycles. The Morgan fingerprint density at radius 2 is 1.96 bits per heavy atom. The van der Waals surface area contributed by atoms with Gasteiger partial charge in [-0.05, 0) is 60.3 Å². The molecule has 2 N–H and O–H groups in total. The number of imide groups is 1. The molecule has 1 fully saturated rings. The van der Waals surface area contributed by atoms with Gasteiger partial charge in [-0.25, -0.2) is 0 Å². The highest BCUT2D eigenvalue weighted by Crippen LogP contribution is 2.34. The third-order valence-electron chi connectivity index (χ3n) is 3.83. The van der Waals surface area contributed by atoms with Gasteiger partial charge < -0.3 is 15.2 Å². The number of rotatable bonds is 5. The largest absolute Gasteiger partial charge is 0.507 e. The van der Waals surface area contributed by atoms with Gasteiger partial charge >= 0.3 is 0 Å². The fraction of sp³-hybridized carbons (Fsp3) is 0.105. The van der Waals surface area contributed by atoms with Gasteiger partial charge in [-0.2, -0.15) is 0 Å². The van der Waals surface area contributed by atoms with Gasteiger partial charge in [-0.3, -0.25) is 19.3 Å². The SMILES string of the molecule is COc1ccc(NC(=O)CN2C(=O)S/C(=C\c3cc(Br)ccc3O)C2=O)cc1. The maximum Gasteiger partial charge on any atom is 0.294 e. The standard InChI is InChI=1S/C19H15BrN2O5S/c1-27-14-5-3-13(4-6-14)21-17(24)10-22-18(25)16(28-19(22)26)9-11-8-12(20)2-7-15(11)23/h2-9,23H,10H2,1H3,(H,21,24)/b16-9-. The first-order valence-electron chi connectivity index (χ1n) is 8.05. The molecule has 2 aromatic rings. The maximum absolute atomic E-state index is 12.5. The number of hydrogen-bond acceptors (Lipinski definition) is 6. The topological polar surface area (TPSA) is 95.9 Å². The van der Waals surface area contributed by atoms with Crippen LogP contribution in [0.4, 0.5) is 10.5 Å². The summed E-state index contributed by atoms with van der Waals surface area (Å²) in [6.45, 7) is -0.404. The fourth-order valence-electron chi connectivity index (χ4n) is 2.44. The van der Waals surface area contributed by atoms with Crippen LogP contribution in [0.3, 0.4) is 0 Å². The molecule has 0 bridgehead atoms. The quantitative estimate of drug-likeness (QED) is 0.655. The molecule has 3 rings (SSSR count). The average molecular weight is 463 g/mol. The first-order valence-corrected chi connectivity index (χ1v) is 9.66. The normalized spacial score (nSPS) is 15.2. The Kier molecular flexibility index (Phi) is 6.05. The summed E-state index contributed by atoms with van der Waals surface area (Å²) in [6, 6.07) is 11.4. The molecule has 0 atom stereocenters. The van der Waals surface area contributed by atoms with Crippen LogP contribution >= 0.6 is 27.7 Å². The van der Waals surface area contributed by atoms with E-state index in [4.69, 9.17) is 4.74 Å². The van der Waals surface area contributed by atoms with Crippen LogP contribution in [-0.4, -0.2) is 40.7 Å². The van der Waals surface area contributed by atoms with Crippen molar-refractivity contribution in [1.82, 2.24) is 4.90 Å². The summed E-state index contributed by atoms with van der Waals surface area (Å²) < 4.78 is 5.76. The van der Waals surface area contributed by atoms with Crippen molar-refractivity contribution < 1.29 is 24.2 Å². The molecular formula is C19H15BrN2O5S. The Morgan fingerprint density at radius 3 is 2.64 bits per heavy atom. The summed E-state index contributed by atoms with van der Waals surface area (Å²) in [4.78, 5) is 37.9. The van der Waals surface area contributed by atoms with E-state index in [1.807, 2.05) is 0 Å². The van der Waals surface area contributed by atoms with Gasteiger partial charge in [0, 0.05) is 15.7 Å². The van der Waals surface area contributed by atoms with E-state index in [0.717, 1.165) is 21.1 Å². The van der Waals surface area contributed by atoms with E-state index in [1.54, 1.807) is 36.4 Å². The van der Waals surface area contributed by atoms with Gasteiger partial charge in [0.2, 0.25) is 5.91 Å². The second-order valence-corrected chi connectivity index (χ2v) is 7.66. The summed E-state index contributed by atoms with van der Waals surface area (Å²) in [7, 11) is 1.54. The van der Waals surface area contributed by atoms with Crippen LogP contribution in [0.1, 0.15) is 5.56 Å². The Bertz CT molecular complexity index is 975. The molecule has 1 saturated heterocycles. The number of nitrogens with one attached hydrogen (secondary N) is 1. The predicted molar refractivity (Wildman–Crippen MR) is 110 cm³/mol. The van der Waals surface area contributed by atoms with Crippen molar-refractivity contribution in [1.29, 1.82) is 0 Å². The number of thioether (sulfide) groups is 1. The van der Waals surface area contributed by atoms with Gasteiger partial charge in [0.1, 0.15) is 18.0 Å². The Balaban J connectivity index is 1.70. The molecular weight excluding hydrogens is 448 g/mol. The highest BCUT2D eigenvalue weighted by atomic mass is 79.9. The molecule has 0 saturated carbocycles. The van der Waals surface area contributed by atoms with Gasteiger partial charge in [0.15, 0.2) is 0 Å². The number of phenols is 1. The van der Waals surface area contributed by atoms with Crippen LogP contribution in [-0.2, 0) is 9.59 Å². The zero-order chi connectivity index (χ0) is 20.3. The average Bonchev–Trinajstić information content (AvgIpc) is 2.92. The number of amides is 3. The molecule has 9 heteroatoms. The summed E-state index contributed by atoms with van der Waals surface area (Å²) in [5.74, 6) is -0.463. The number of ether oxygens (including phenoxy) is 1. The van der Waals surface area contributed by atoms with Crippen molar-refractivity contribution in [2.75, 3.05) is 19.0 Å². The first-order chi connectivity index (χ1) is 13.4. The van der Waals surface area contributed by atoms with Crippen LogP contribution in [0.2, 0.25) is 0 Å². The minimum absolute atomic E-state index is 0.0211. The van der Waals surface area contributed by atoms with Crippen LogP contribution in [0.5, 0.6) is 11.5 Å². The lowest BCUT2D eigenvalue weighted by Gasteiger charge is -2.12. The number of phenolic OH excluding ortho intramolecular Hbond substituents is 1. The number of halogens is 1. The summed E-state index contributed by atoms with van der Waals surface area (Å²) >= 11 is 4.01. The number of aromatic hydroxyl groups is 1. The zero-order valence-corrected chi connectivity index (χ0v) is 17.0. The third kappa shape index (κ3) is 4.55. The van der Waals surface area contributed by atoms with Gasteiger partial charge in [-0.1, -0.05) is 15.9 Å². The van der Waals surface area contributed by atoms with E-state index in [1.165, 1.54) is 19.3 Å². The van der Waals surface area contributed by atoms with Crippen molar-refractivity contribution in [3.63, 3.8) is 0 Å². The molecule has 28 heavy (non-hydrogen) atoms. The minimum Gasteiger partial charge on any atom is -0.507 e. The van der Waals surface area contributed by atoms with E-state index in [2.05, 4.69) is 21.2 Å². The molecule has 0 unspecified atom stereocenters. The van der Waals surface area contributed by atoms with Crippen LogP contribution < -0.4 is 10.1 Å². The number of carbonyl (C=O) groups excluding carboxylic acids is 3. The summed E-state index contributed by atoms with van der Waals surface area (Å²) in [5.41, 5.74) is 0.912. The van der Waals surface area contributed by atoms with Gasteiger partial charge in [-0.15, -0.1) is 0 Å². The second-order valence-electron chi connectivity index (χ2n) is 5.75. The monoisotopic (exact) mass is 462 g/mol. The predicted octanol–water partition coefficient (Wildman–Crippen LogP) is 3.84. The number of methoxy groups -OCH3 is 1. The van der Waals surface area contributed by atoms with E-state index < -0.39 is 23.6 Å². The molecule has 1 aliphatic heterocycles. The third-order valence-corrected chi connectivity index (χ3v) is 5.23. The Labute approximate surface area is 173 Å². The van der Waals surface area contributed by atoms with Crippen LogP contribution in [0.15, 0.2) is 51.8 Å². The molecule has 1 heterocycles. The number of carbonyl (C=O) groups is 3. The lowest BCUT2D eigenvalue weighted by Crippen LogP contribution is -2.36. The number of nitrogens with zero attached hydrogens (tertiary/aromatic N) is 1.